The predicted octanol–water partition coefficient (Wildman–Crippen LogP) is 2.75. The van der Waals surface area contributed by atoms with Gasteiger partial charge in [-0.25, -0.2) is 0 Å². The van der Waals surface area contributed by atoms with Crippen LogP contribution in [0.3, 0.4) is 0 Å². The predicted molar refractivity (Wildman–Crippen MR) is 86.9 cm³/mol. The highest BCUT2D eigenvalue weighted by Crippen LogP contribution is 2.37. The van der Waals surface area contributed by atoms with E-state index < -0.39 is 0 Å². The summed E-state index contributed by atoms with van der Waals surface area (Å²) in [6.45, 7) is 2.78. The van der Waals surface area contributed by atoms with Crippen molar-refractivity contribution in [2.24, 2.45) is 5.73 Å². The molecule has 1 fully saturated rings. The Kier molecular flexibility index (Phi) is 5.53. The maximum absolute atomic E-state index is 12.5. The van der Waals surface area contributed by atoms with E-state index in [0.29, 0.717) is 35.2 Å². The van der Waals surface area contributed by atoms with Crippen LogP contribution in [0.2, 0.25) is 5.02 Å². The number of amides is 1. The Morgan fingerprint density at radius 1 is 1.41 bits per heavy atom. The minimum Gasteiger partial charge on any atom is -0.493 e. The van der Waals surface area contributed by atoms with Crippen molar-refractivity contribution >= 4 is 17.5 Å². The molecule has 0 aromatic heterocycles. The number of ether oxygens (including phenoxy) is 2. The number of methoxy groups -OCH3 is 1. The molecule has 0 aliphatic heterocycles. The van der Waals surface area contributed by atoms with Gasteiger partial charge in [0.15, 0.2) is 11.5 Å². The lowest BCUT2D eigenvalue weighted by Crippen LogP contribution is -2.51. The lowest BCUT2D eigenvalue weighted by molar-refractivity contribution is 0.0902. The van der Waals surface area contributed by atoms with Crippen molar-refractivity contribution in [1.29, 1.82) is 0 Å². The SMILES string of the molecule is CCOc1c(Cl)cc(C(=O)NC2(CN)CCCC2)cc1OC. The number of hydrogen-bond donors (Lipinski definition) is 2. The Morgan fingerprint density at radius 3 is 2.64 bits per heavy atom. The first-order valence-electron chi connectivity index (χ1n) is 7.58. The van der Waals surface area contributed by atoms with Crippen LogP contribution in [-0.4, -0.2) is 31.7 Å². The number of nitrogens with two attached hydrogens (primary N) is 1. The third kappa shape index (κ3) is 3.47. The molecule has 6 heteroatoms. The van der Waals surface area contributed by atoms with Gasteiger partial charge >= 0.3 is 0 Å². The van der Waals surface area contributed by atoms with Gasteiger partial charge in [0.1, 0.15) is 0 Å². The summed E-state index contributed by atoms with van der Waals surface area (Å²) in [4.78, 5) is 12.5. The van der Waals surface area contributed by atoms with Crippen molar-refractivity contribution in [1.82, 2.24) is 5.32 Å². The summed E-state index contributed by atoms with van der Waals surface area (Å²) in [5, 5.41) is 3.43. The van der Waals surface area contributed by atoms with Crippen LogP contribution in [0.25, 0.3) is 0 Å². The Bertz CT molecular complexity index is 542. The summed E-state index contributed by atoms with van der Waals surface area (Å²) in [5.74, 6) is 0.723. The lowest BCUT2D eigenvalue weighted by atomic mass is 9.97. The van der Waals surface area contributed by atoms with Crippen LogP contribution in [0.1, 0.15) is 43.0 Å². The Morgan fingerprint density at radius 2 is 2.09 bits per heavy atom. The van der Waals surface area contributed by atoms with E-state index in [1.165, 1.54) is 7.11 Å². The molecule has 0 bridgehead atoms. The summed E-state index contributed by atoms with van der Waals surface area (Å²) >= 11 is 6.21. The molecule has 0 radical (unpaired) electrons. The Labute approximate surface area is 136 Å². The van der Waals surface area contributed by atoms with E-state index in [1.807, 2.05) is 6.92 Å². The molecule has 5 nitrogen and oxygen atoms in total. The van der Waals surface area contributed by atoms with Gasteiger partial charge in [0.2, 0.25) is 0 Å². The third-order valence-corrected chi connectivity index (χ3v) is 4.39. The lowest BCUT2D eigenvalue weighted by Gasteiger charge is -2.28. The molecule has 3 N–H and O–H groups in total. The summed E-state index contributed by atoms with van der Waals surface area (Å²) < 4.78 is 10.7. The van der Waals surface area contributed by atoms with Gasteiger partial charge < -0.3 is 20.5 Å². The molecule has 1 aromatic rings. The maximum Gasteiger partial charge on any atom is 0.251 e. The average Bonchev–Trinajstić information content (AvgIpc) is 2.98. The molecule has 0 heterocycles. The van der Waals surface area contributed by atoms with Crippen molar-refractivity contribution in [3.63, 3.8) is 0 Å². The van der Waals surface area contributed by atoms with Crippen LogP contribution in [0, 0.1) is 0 Å². The number of benzene rings is 1. The van der Waals surface area contributed by atoms with Crippen LogP contribution in [0.4, 0.5) is 0 Å². The van der Waals surface area contributed by atoms with E-state index in [1.54, 1.807) is 12.1 Å². The number of nitrogens with one attached hydrogen (secondary N) is 1. The highest BCUT2D eigenvalue weighted by molar-refractivity contribution is 6.32. The van der Waals surface area contributed by atoms with Crippen molar-refractivity contribution in [3.8, 4) is 11.5 Å². The molecule has 2 rings (SSSR count). The van der Waals surface area contributed by atoms with Gasteiger partial charge in [-0.15, -0.1) is 0 Å². The van der Waals surface area contributed by atoms with Crippen LogP contribution in [0.5, 0.6) is 11.5 Å². The van der Waals surface area contributed by atoms with Gasteiger partial charge in [0.05, 0.1) is 24.3 Å². The van der Waals surface area contributed by atoms with Gasteiger partial charge in [0, 0.05) is 12.1 Å². The van der Waals surface area contributed by atoms with Crippen molar-refractivity contribution < 1.29 is 14.3 Å². The minimum absolute atomic E-state index is 0.185. The number of halogens is 1. The van der Waals surface area contributed by atoms with Gasteiger partial charge in [-0.3, -0.25) is 4.79 Å². The summed E-state index contributed by atoms with van der Waals surface area (Å²) in [5.41, 5.74) is 6.01. The van der Waals surface area contributed by atoms with Crippen molar-refractivity contribution in [2.75, 3.05) is 20.3 Å². The fraction of sp³-hybridized carbons (Fsp3) is 0.562. The van der Waals surface area contributed by atoms with Crippen LogP contribution < -0.4 is 20.5 Å². The van der Waals surface area contributed by atoms with Crippen LogP contribution in [0.15, 0.2) is 12.1 Å². The van der Waals surface area contributed by atoms with Gasteiger partial charge in [0.25, 0.3) is 5.91 Å². The van der Waals surface area contributed by atoms with E-state index in [4.69, 9.17) is 26.8 Å². The topological polar surface area (TPSA) is 73.6 Å². The molecular weight excluding hydrogens is 304 g/mol. The summed E-state index contributed by atoms with van der Waals surface area (Å²) in [6.07, 6.45) is 4.00. The highest BCUT2D eigenvalue weighted by Gasteiger charge is 2.34. The second-order valence-electron chi connectivity index (χ2n) is 5.57. The molecular formula is C16H23ClN2O3. The number of carbonyl (C=O) groups excluding carboxylic acids is 1. The van der Waals surface area contributed by atoms with Gasteiger partial charge in [-0.05, 0) is 31.9 Å². The largest absolute Gasteiger partial charge is 0.493 e. The van der Waals surface area contributed by atoms with Gasteiger partial charge in [-0.2, -0.15) is 0 Å². The van der Waals surface area contributed by atoms with E-state index >= 15 is 0 Å². The van der Waals surface area contributed by atoms with E-state index in [9.17, 15) is 4.79 Å². The Hall–Kier alpha value is -1.46. The number of hydrogen-bond acceptors (Lipinski definition) is 4. The van der Waals surface area contributed by atoms with Crippen molar-refractivity contribution in [2.45, 2.75) is 38.1 Å². The summed E-state index contributed by atoms with van der Waals surface area (Å²) in [7, 11) is 1.52. The molecule has 0 saturated heterocycles. The molecule has 1 aliphatic rings. The van der Waals surface area contributed by atoms with Crippen LogP contribution in [-0.2, 0) is 0 Å². The second-order valence-corrected chi connectivity index (χ2v) is 5.98. The summed E-state index contributed by atoms with van der Waals surface area (Å²) in [6, 6.07) is 3.24. The quantitative estimate of drug-likeness (QED) is 0.843. The molecule has 1 aromatic carbocycles. The zero-order chi connectivity index (χ0) is 16.2. The fourth-order valence-electron chi connectivity index (χ4n) is 2.88. The minimum atomic E-state index is -0.296. The smallest absolute Gasteiger partial charge is 0.251 e. The zero-order valence-electron chi connectivity index (χ0n) is 13.1. The molecule has 0 unspecified atom stereocenters. The molecule has 0 atom stereocenters. The maximum atomic E-state index is 12.5. The standard InChI is InChI=1S/C16H23ClN2O3/c1-3-22-14-12(17)8-11(9-13(14)21-2)15(20)19-16(10-18)6-4-5-7-16/h8-9H,3-7,10,18H2,1-2H3,(H,19,20). The fourth-order valence-corrected chi connectivity index (χ4v) is 3.15. The molecule has 22 heavy (non-hydrogen) atoms. The van der Waals surface area contributed by atoms with E-state index in [0.717, 1.165) is 25.7 Å². The van der Waals surface area contributed by atoms with Crippen molar-refractivity contribution in [3.05, 3.63) is 22.7 Å². The normalized spacial score (nSPS) is 16.4. The van der Waals surface area contributed by atoms with Gasteiger partial charge in [-0.1, -0.05) is 24.4 Å². The molecule has 122 valence electrons. The molecule has 1 amide bonds. The highest BCUT2D eigenvalue weighted by atomic mass is 35.5. The molecule has 0 spiro atoms. The monoisotopic (exact) mass is 326 g/mol. The first-order chi connectivity index (χ1) is 10.5. The first kappa shape index (κ1) is 16.9. The second kappa shape index (κ2) is 7.20. The average molecular weight is 327 g/mol. The Balaban J connectivity index is 2.24. The van der Waals surface area contributed by atoms with Crippen LogP contribution >= 0.6 is 11.6 Å². The molecule has 1 aliphatic carbocycles. The molecule has 1 saturated carbocycles. The van der Waals surface area contributed by atoms with E-state index in [-0.39, 0.29) is 11.4 Å². The first-order valence-corrected chi connectivity index (χ1v) is 7.96. The third-order valence-electron chi connectivity index (χ3n) is 4.11. The zero-order valence-corrected chi connectivity index (χ0v) is 13.8. The number of rotatable bonds is 6. The van der Waals surface area contributed by atoms with E-state index in [2.05, 4.69) is 5.32 Å². The number of carbonyl (C=O) groups is 1.